The molecule has 0 heterocycles. The van der Waals surface area contributed by atoms with Gasteiger partial charge in [0.2, 0.25) is 5.72 Å². The molecule has 0 fully saturated rings. The van der Waals surface area contributed by atoms with Crippen LogP contribution in [-0.2, 0) is 9.78 Å². The second-order valence-corrected chi connectivity index (χ2v) is 13.4. The van der Waals surface area contributed by atoms with E-state index in [-0.39, 0.29) is 10.3 Å². The van der Waals surface area contributed by atoms with E-state index >= 15 is 0 Å². The molecule has 0 bridgehead atoms. The molecule has 0 aliphatic heterocycles. The van der Waals surface area contributed by atoms with Gasteiger partial charge in [-0.2, -0.15) is 5.11 Å². The molecule has 0 radical (unpaired) electrons. The van der Waals surface area contributed by atoms with Gasteiger partial charge in [0.15, 0.2) is 0 Å². The van der Waals surface area contributed by atoms with E-state index in [2.05, 4.69) is 43.1 Å². The fraction of sp³-hybridized carbons (Fsp3) is 0.750. The molecule has 0 aliphatic rings. The molecule has 6 heteroatoms. The van der Waals surface area contributed by atoms with Gasteiger partial charge in [-0.15, -0.1) is 16.9 Å². The number of azo groups is 1. The van der Waals surface area contributed by atoms with Crippen LogP contribution in [0, 0.1) is 0 Å². The van der Waals surface area contributed by atoms with Crippen molar-refractivity contribution in [1.82, 2.24) is 0 Å². The Morgan fingerprint density at radius 2 is 1.27 bits per heavy atom. The van der Waals surface area contributed by atoms with Crippen LogP contribution in [0.5, 0.6) is 5.75 Å². The maximum atomic E-state index is 6.35. The van der Waals surface area contributed by atoms with Gasteiger partial charge in [0.05, 0.1) is 11.1 Å². The molecule has 0 amide bonds. The molecule has 172 valence electrons. The molecule has 0 N–H and O–H groups in total. The highest BCUT2D eigenvalue weighted by Crippen LogP contribution is 2.35. The molecule has 5 nitrogen and oxygen atoms in total. The summed E-state index contributed by atoms with van der Waals surface area (Å²) in [6.45, 7) is 24.4. The van der Waals surface area contributed by atoms with Gasteiger partial charge in [0.25, 0.3) is 0 Å². The van der Waals surface area contributed by atoms with Gasteiger partial charge in [0.1, 0.15) is 11.4 Å². The molecule has 0 aromatic heterocycles. The van der Waals surface area contributed by atoms with Crippen molar-refractivity contribution in [2.45, 2.75) is 122 Å². The summed E-state index contributed by atoms with van der Waals surface area (Å²) in [5, 5.41) is 9.08. The van der Waals surface area contributed by atoms with Crippen molar-refractivity contribution in [2.24, 2.45) is 10.2 Å². The zero-order valence-corrected chi connectivity index (χ0v) is 21.9. The van der Waals surface area contributed by atoms with Crippen molar-refractivity contribution in [2.75, 3.05) is 0 Å². The summed E-state index contributed by atoms with van der Waals surface area (Å²) in [4.78, 5) is 12.5. The summed E-state index contributed by atoms with van der Waals surface area (Å²) in [6, 6.07) is 8.13. The van der Waals surface area contributed by atoms with E-state index in [1.54, 1.807) is 0 Å². The van der Waals surface area contributed by atoms with Crippen molar-refractivity contribution < 1.29 is 14.5 Å². The Morgan fingerprint density at radius 3 is 1.70 bits per heavy atom. The first-order chi connectivity index (χ1) is 13.3. The van der Waals surface area contributed by atoms with E-state index in [0.717, 1.165) is 5.75 Å². The van der Waals surface area contributed by atoms with Crippen LogP contribution in [0.1, 0.15) is 89.5 Å². The summed E-state index contributed by atoms with van der Waals surface area (Å²) >= 11 is 1.83. The number of benzene rings is 1. The molecular weight excluding hydrogens is 396 g/mol. The summed E-state index contributed by atoms with van der Waals surface area (Å²) in [5.74, 6) is 0.746. The second-order valence-electron chi connectivity index (χ2n) is 11.5. The van der Waals surface area contributed by atoms with E-state index in [1.165, 1.54) is 4.90 Å². The first-order valence-corrected chi connectivity index (χ1v) is 11.4. The predicted octanol–water partition coefficient (Wildman–Crippen LogP) is 7.84. The maximum Gasteiger partial charge on any atom is 0.218 e. The fourth-order valence-electron chi connectivity index (χ4n) is 2.59. The van der Waals surface area contributed by atoms with Crippen molar-refractivity contribution in [3.05, 3.63) is 24.3 Å². The van der Waals surface area contributed by atoms with Crippen LogP contribution in [0.15, 0.2) is 39.4 Å². The van der Waals surface area contributed by atoms with Crippen LogP contribution in [0.4, 0.5) is 0 Å². The van der Waals surface area contributed by atoms with E-state index in [0.29, 0.717) is 6.42 Å². The number of thioether (sulfide) groups is 1. The van der Waals surface area contributed by atoms with Gasteiger partial charge < -0.3 is 4.74 Å². The minimum Gasteiger partial charge on any atom is -0.465 e. The average molecular weight is 439 g/mol. The van der Waals surface area contributed by atoms with E-state index in [4.69, 9.17) is 14.5 Å². The zero-order valence-electron chi connectivity index (χ0n) is 21.0. The van der Waals surface area contributed by atoms with E-state index < -0.39 is 16.9 Å². The Bertz CT molecular complexity index is 695. The van der Waals surface area contributed by atoms with Crippen molar-refractivity contribution >= 4 is 11.8 Å². The quantitative estimate of drug-likeness (QED) is 0.179. The third kappa shape index (κ3) is 11.9. The molecule has 0 spiro atoms. The van der Waals surface area contributed by atoms with Crippen molar-refractivity contribution in [3.63, 3.8) is 0 Å². The van der Waals surface area contributed by atoms with Crippen LogP contribution in [0.2, 0.25) is 0 Å². The molecule has 1 aromatic carbocycles. The summed E-state index contributed by atoms with van der Waals surface area (Å²) in [5.41, 5.74) is -2.23. The molecule has 1 atom stereocenters. The van der Waals surface area contributed by atoms with Gasteiger partial charge >= 0.3 is 0 Å². The lowest BCUT2D eigenvalue weighted by atomic mass is 9.97. The highest BCUT2D eigenvalue weighted by Gasteiger charge is 2.38. The zero-order chi connectivity index (χ0) is 23.4. The number of nitrogens with zero attached hydrogens (tertiary/aromatic N) is 2. The Balaban J connectivity index is 3.06. The predicted molar refractivity (Wildman–Crippen MR) is 126 cm³/mol. The van der Waals surface area contributed by atoms with Crippen LogP contribution in [0.25, 0.3) is 0 Å². The van der Waals surface area contributed by atoms with Crippen LogP contribution in [0.3, 0.4) is 0 Å². The van der Waals surface area contributed by atoms with Crippen LogP contribution >= 0.6 is 11.8 Å². The molecule has 0 aliphatic carbocycles. The molecule has 30 heavy (non-hydrogen) atoms. The molecule has 0 saturated heterocycles. The number of ether oxygens (including phenoxy) is 1. The number of rotatable bonds is 8. The smallest absolute Gasteiger partial charge is 0.218 e. The summed E-state index contributed by atoms with van der Waals surface area (Å²) < 4.78 is 6.50. The minimum absolute atomic E-state index is 0.159. The molecule has 1 rings (SSSR count). The first-order valence-electron chi connectivity index (χ1n) is 10.6. The van der Waals surface area contributed by atoms with Crippen LogP contribution in [-0.4, -0.2) is 27.2 Å². The largest absolute Gasteiger partial charge is 0.465 e. The third-order valence-corrected chi connectivity index (χ3v) is 4.54. The summed E-state index contributed by atoms with van der Waals surface area (Å²) in [7, 11) is 0. The molecular formula is C24H42N2O3S. The maximum absolute atomic E-state index is 6.35. The fourth-order valence-corrected chi connectivity index (χ4v) is 3.57. The van der Waals surface area contributed by atoms with Crippen molar-refractivity contribution in [3.8, 4) is 5.75 Å². The van der Waals surface area contributed by atoms with Gasteiger partial charge in [-0.25, -0.2) is 9.78 Å². The minimum atomic E-state index is -0.906. The van der Waals surface area contributed by atoms with E-state index in [1.807, 2.05) is 86.2 Å². The highest BCUT2D eigenvalue weighted by atomic mass is 32.2. The SMILES string of the molecule is CC(C)(C)N=NC(C)(CC(C)(C)OOC(C)(C)C)Oc1ccc(SC(C)(C)C)cc1. The highest BCUT2D eigenvalue weighted by molar-refractivity contribution is 8.00. The third-order valence-electron chi connectivity index (χ3n) is 3.42. The van der Waals surface area contributed by atoms with Crippen LogP contribution < -0.4 is 4.74 Å². The lowest BCUT2D eigenvalue weighted by molar-refractivity contribution is -0.401. The molecule has 1 unspecified atom stereocenters. The standard InChI is InChI=1S/C24H42N2O3S/c1-20(2,3)25-26-24(12,17-23(10,11)29-28-21(4,5)6)27-18-13-15-19(16-14-18)30-22(7,8)9/h13-16H,17H2,1-12H3. The average Bonchev–Trinajstić information content (AvgIpc) is 2.50. The Labute approximate surface area is 188 Å². The number of hydrogen-bond acceptors (Lipinski definition) is 6. The second kappa shape index (κ2) is 9.58. The van der Waals surface area contributed by atoms with E-state index in [9.17, 15) is 0 Å². The normalized spacial score (nSPS) is 16.0. The topological polar surface area (TPSA) is 52.4 Å². The lowest BCUT2D eigenvalue weighted by Gasteiger charge is -2.35. The monoisotopic (exact) mass is 438 g/mol. The van der Waals surface area contributed by atoms with Gasteiger partial charge in [-0.3, -0.25) is 0 Å². The van der Waals surface area contributed by atoms with Crippen molar-refractivity contribution in [1.29, 1.82) is 0 Å². The summed E-state index contributed by atoms with van der Waals surface area (Å²) in [6.07, 6.45) is 0.466. The number of hydrogen-bond donors (Lipinski definition) is 0. The Hall–Kier alpha value is -1.11. The lowest BCUT2D eigenvalue weighted by Crippen LogP contribution is -2.41. The first kappa shape index (κ1) is 26.9. The van der Waals surface area contributed by atoms with Gasteiger partial charge in [-0.05, 0) is 86.6 Å². The van der Waals surface area contributed by atoms with Gasteiger partial charge in [0, 0.05) is 16.1 Å². The van der Waals surface area contributed by atoms with Gasteiger partial charge in [-0.1, -0.05) is 20.8 Å². The Kier molecular flexibility index (Phi) is 8.59. The molecule has 1 aromatic rings. The Morgan fingerprint density at radius 1 is 0.733 bits per heavy atom. The molecule has 0 saturated carbocycles.